The number of carbonyl (C=O) groups excluding carboxylic acids is 1. The highest BCUT2D eigenvalue weighted by Gasteiger charge is 2.21. The number of nitrogens with zero attached hydrogens (tertiary/aromatic N) is 1. The standard InChI is InChI=1S/C24H26N2O2/c1-16-7-3-4-8-19(16)24(27)25-17(2)21-15-23(18-11-13-28-14-12-18)26-22-10-6-5-9-20(21)22/h3-10,15,17-18H,11-14H2,1-2H3,(H,25,27)/t17-/m0/s1. The molecule has 0 bridgehead atoms. The van der Waals surface area contributed by atoms with E-state index in [9.17, 15) is 4.79 Å². The first-order valence-corrected chi connectivity index (χ1v) is 9.97. The van der Waals surface area contributed by atoms with Crippen molar-refractivity contribution in [2.45, 2.75) is 38.6 Å². The lowest BCUT2D eigenvalue weighted by molar-refractivity contribution is 0.0845. The number of fused-ring (bicyclic) bond motifs is 1. The number of nitrogens with one attached hydrogen (secondary N) is 1. The molecule has 3 aromatic rings. The van der Waals surface area contributed by atoms with Crippen LogP contribution in [0.2, 0.25) is 0 Å². The van der Waals surface area contributed by atoms with E-state index < -0.39 is 0 Å². The van der Waals surface area contributed by atoms with Gasteiger partial charge in [0.1, 0.15) is 0 Å². The average Bonchev–Trinajstić information content (AvgIpc) is 2.73. The lowest BCUT2D eigenvalue weighted by Crippen LogP contribution is -2.27. The molecule has 144 valence electrons. The number of carbonyl (C=O) groups is 1. The minimum atomic E-state index is -0.112. The van der Waals surface area contributed by atoms with Crippen molar-refractivity contribution < 1.29 is 9.53 Å². The zero-order valence-electron chi connectivity index (χ0n) is 16.4. The lowest BCUT2D eigenvalue weighted by Gasteiger charge is -2.24. The van der Waals surface area contributed by atoms with Crippen molar-refractivity contribution in [3.8, 4) is 0 Å². The Morgan fingerprint density at radius 1 is 1.11 bits per heavy atom. The van der Waals surface area contributed by atoms with Crippen molar-refractivity contribution in [3.63, 3.8) is 0 Å². The summed E-state index contributed by atoms with van der Waals surface area (Å²) in [5.41, 5.74) is 4.91. The molecule has 1 atom stereocenters. The number of aryl methyl sites for hydroxylation is 1. The van der Waals surface area contributed by atoms with Crippen LogP contribution < -0.4 is 5.32 Å². The molecule has 1 aromatic heterocycles. The SMILES string of the molecule is Cc1ccccc1C(=O)N[C@@H](C)c1cc(C2CCOCC2)nc2ccccc12. The first-order chi connectivity index (χ1) is 13.6. The third-order valence-corrected chi connectivity index (χ3v) is 5.61. The van der Waals surface area contributed by atoms with Gasteiger partial charge in [-0.2, -0.15) is 0 Å². The number of hydrogen-bond acceptors (Lipinski definition) is 3. The maximum absolute atomic E-state index is 12.8. The molecule has 1 amide bonds. The topological polar surface area (TPSA) is 51.2 Å². The second kappa shape index (κ2) is 8.11. The maximum atomic E-state index is 12.8. The van der Waals surface area contributed by atoms with Gasteiger partial charge in [0.2, 0.25) is 0 Å². The second-order valence-electron chi connectivity index (χ2n) is 7.55. The summed E-state index contributed by atoms with van der Waals surface area (Å²) in [7, 11) is 0. The summed E-state index contributed by atoms with van der Waals surface area (Å²) < 4.78 is 5.51. The van der Waals surface area contributed by atoms with Crippen molar-refractivity contribution in [1.29, 1.82) is 0 Å². The number of pyridine rings is 1. The molecular formula is C24H26N2O2. The summed E-state index contributed by atoms with van der Waals surface area (Å²) in [4.78, 5) is 17.8. The van der Waals surface area contributed by atoms with Crippen LogP contribution in [0, 0.1) is 6.92 Å². The Morgan fingerprint density at radius 3 is 2.61 bits per heavy atom. The summed E-state index contributed by atoms with van der Waals surface area (Å²) in [6, 6.07) is 17.9. The smallest absolute Gasteiger partial charge is 0.252 e. The summed E-state index contributed by atoms with van der Waals surface area (Å²) in [5, 5.41) is 4.28. The van der Waals surface area contributed by atoms with Gasteiger partial charge in [0.25, 0.3) is 5.91 Å². The first kappa shape index (κ1) is 18.6. The van der Waals surface area contributed by atoms with Crippen molar-refractivity contribution in [2.24, 2.45) is 0 Å². The Kier molecular flexibility index (Phi) is 5.40. The monoisotopic (exact) mass is 374 g/mol. The van der Waals surface area contributed by atoms with Gasteiger partial charge in [-0.15, -0.1) is 0 Å². The van der Waals surface area contributed by atoms with Crippen LogP contribution in [0.15, 0.2) is 54.6 Å². The molecule has 2 aromatic carbocycles. The van der Waals surface area contributed by atoms with Crippen molar-refractivity contribution in [1.82, 2.24) is 10.3 Å². The molecule has 0 radical (unpaired) electrons. The van der Waals surface area contributed by atoms with Crippen molar-refractivity contribution in [2.75, 3.05) is 13.2 Å². The maximum Gasteiger partial charge on any atom is 0.252 e. The Morgan fingerprint density at radius 2 is 1.82 bits per heavy atom. The molecule has 4 nitrogen and oxygen atoms in total. The quantitative estimate of drug-likeness (QED) is 0.704. The molecule has 4 rings (SSSR count). The van der Waals surface area contributed by atoms with Gasteiger partial charge in [-0.05, 0) is 56.0 Å². The fraction of sp³-hybridized carbons (Fsp3) is 0.333. The van der Waals surface area contributed by atoms with E-state index in [0.717, 1.165) is 59.3 Å². The van der Waals surface area contributed by atoms with Gasteiger partial charge in [-0.3, -0.25) is 9.78 Å². The van der Waals surface area contributed by atoms with Gasteiger partial charge >= 0.3 is 0 Å². The Balaban J connectivity index is 1.68. The van der Waals surface area contributed by atoms with Gasteiger partial charge in [0.15, 0.2) is 0 Å². The summed E-state index contributed by atoms with van der Waals surface area (Å²) in [5.74, 6) is 0.371. The molecule has 0 unspecified atom stereocenters. The average molecular weight is 374 g/mol. The Labute approximate surface area is 165 Å². The fourth-order valence-electron chi connectivity index (χ4n) is 3.96. The number of benzene rings is 2. The first-order valence-electron chi connectivity index (χ1n) is 9.97. The largest absolute Gasteiger partial charge is 0.381 e. The molecule has 2 heterocycles. The second-order valence-corrected chi connectivity index (χ2v) is 7.55. The van der Waals surface area contributed by atoms with E-state index in [1.54, 1.807) is 0 Å². The van der Waals surface area contributed by atoms with Crippen LogP contribution >= 0.6 is 0 Å². The summed E-state index contributed by atoms with van der Waals surface area (Å²) >= 11 is 0. The summed E-state index contributed by atoms with van der Waals surface area (Å²) in [6.45, 7) is 5.58. The molecule has 1 aliphatic heterocycles. The van der Waals surface area contributed by atoms with Crippen LogP contribution in [0.1, 0.15) is 58.9 Å². The van der Waals surface area contributed by atoms with Crippen LogP contribution in [-0.2, 0) is 4.74 Å². The van der Waals surface area contributed by atoms with E-state index in [2.05, 4.69) is 23.5 Å². The Bertz CT molecular complexity index is 993. The number of hydrogen-bond donors (Lipinski definition) is 1. The molecule has 28 heavy (non-hydrogen) atoms. The number of rotatable bonds is 4. The zero-order chi connectivity index (χ0) is 19.5. The van der Waals surface area contributed by atoms with Crippen LogP contribution in [0.5, 0.6) is 0 Å². The molecule has 1 saturated heterocycles. The van der Waals surface area contributed by atoms with E-state index >= 15 is 0 Å². The minimum absolute atomic E-state index is 0.0425. The number of aromatic nitrogens is 1. The van der Waals surface area contributed by atoms with E-state index in [0.29, 0.717) is 5.92 Å². The van der Waals surface area contributed by atoms with Gasteiger partial charge < -0.3 is 10.1 Å². The third-order valence-electron chi connectivity index (χ3n) is 5.61. The lowest BCUT2D eigenvalue weighted by atomic mass is 9.92. The van der Waals surface area contributed by atoms with E-state index in [-0.39, 0.29) is 11.9 Å². The van der Waals surface area contributed by atoms with Gasteiger partial charge in [-0.1, -0.05) is 36.4 Å². The van der Waals surface area contributed by atoms with E-state index in [1.807, 2.05) is 50.2 Å². The van der Waals surface area contributed by atoms with Crippen LogP contribution in [0.3, 0.4) is 0 Å². The van der Waals surface area contributed by atoms with Crippen LogP contribution in [-0.4, -0.2) is 24.1 Å². The summed E-state index contributed by atoms with van der Waals surface area (Å²) in [6.07, 6.45) is 1.99. The minimum Gasteiger partial charge on any atom is -0.381 e. The van der Waals surface area contributed by atoms with E-state index in [1.165, 1.54) is 0 Å². The zero-order valence-corrected chi connectivity index (χ0v) is 16.4. The number of para-hydroxylation sites is 1. The fourth-order valence-corrected chi connectivity index (χ4v) is 3.96. The normalized spacial score (nSPS) is 16.1. The third kappa shape index (κ3) is 3.78. The number of amides is 1. The molecule has 1 aliphatic rings. The number of ether oxygens (including phenoxy) is 1. The highest BCUT2D eigenvalue weighted by Crippen LogP contribution is 2.31. The molecule has 4 heteroatoms. The molecule has 1 N–H and O–H groups in total. The molecule has 0 spiro atoms. The molecule has 0 aliphatic carbocycles. The van der Waals surface area contributed by atoms with Crippen molar-refractivity contribution >= 4 is 16.8 Å². The van der Waals surface area contributed by atoms with Gasteiger partial charge in [0.05, 0.1) is 11.6 Å². The van der Waals surface area contributed by atoms with E-state index in [4.69, 9.17) is 9.72 Å². The Hall–Kier alpha value is -2.72. The van der Waals surface area contributed by atoms with Crippen LogP contribution in [0.25, 0.3) is 10.9 Å². The highest BCUT2D eigenvalue weighted by atomic mass is 16.5. The predicted octanol–water partition coefficient (Wildman–Crippen LogP) is 4.93. The molecule has 1 fully saturated rings. The van der Waals surface area contributed by atoms with Crippen LogP contribution in [0.4, 0.5) is 0 Å². The molecule has 0 saturated carbocycles. The van der Waals surface area contributed by atoms with Gasteiger partial charge in [-0.25, -0.2) is 0 Å². The highest BCUT2D eigenvalue weighted by molar-refractivity contribution is 5.96. The van der Waals surface area contributed by atoms with Gasteiger partial charge in [0, 0.05) is 35.8 Å². The molecular weight excluding hydrogens is 348 g/mol. The van der Waals surface area contributed by atoms with Crippen molar-refractivity contribution in [3.05, 3.63) is 77.0 Å². The predicted molar refractivity (Wildman–Crippen MR) is 112 cm³/mol.